The van der Waals surface area contributed by atoms with Crippen molar-refractivity contribution in [1.29, 1.82) is 5.26 Å². The average molecular weight is 293 g/mol. The maximum absolute atomic E-state index is 8.24. The molecule has 2 radical (unpaired) electrons. The van der Waals surface area contributed by atoms with Gasteiger partial charge < -0.3 is 10.5 Å². The molecule has 0 saturated heterocycles. The first kappa shape index (κ1) is 30.7. The Kier molecular flexibility index (Phi) is 289. The quantitative estimate of drug-likeness (QED) is 0.406. The Balaban J connectivity index is -0.0000000116. The van der Waals surface area contributed by atoms with Crippen LogP contribution >= 0.6 is 0 Å². The van der Waals surface area contributed by atoms with Crippen molar-refractivity contribution in [2.24, 2.45) is 0 Å². The first-order valence-electron chi connectivity index (χ1n) is 1.87. The molecule has 10 heavy (non-hydrogen) atoms. The van der Waals surface area contributed by atoms with Crippen LogP contribution in [0.5, 0.6) is 0 Å². The summed E-state index contributed by atoms with van der Waals surface area (Å²) >= 11 is 0. The number of hydrogen-bond acceptors (Lipinski definition) is 3. The standard InChI is InChI=1S/C2H6.CHNO.CNO.2Y/c1-2;2*2-1-3;;/h1-2H3;3H;;;/q;;-1;;. The maximum atomic E-state index is 8.24. The summed E-state index contributed by atoms with van der Waals surface area (Å²) in [5, 5.41) is 20.5. The zero-order valence-corrected chi connectivity index (χ0v) is 11.6. The van der Waals surface area contributed by atoms with Crippen molar-refractivity contribution < 1.29 is 75.3 Å². The molecule has 0 saturated carbocycles. The summed E-state index contributed by atoms with van der Waals surface area (Å²) in [5.41, 5.74) is 0. The van der Waals surface area contributed by atoms with Crippen LogP contribution in [-0.2, 0) is 70.2 Å². The molecule has 0 spiro atoms. The molecule has 0 aromatic carbocycles. The number of nitriles is 1. The van der Waals surface area contributed by atoms with Gasteiger partial charge in [-0.3, -0.25) is 4.79 Å². The minimum Gasteiger partial charge on any atom is -0.724 e. The van der Waals surface area contributed by atoms with Crippen molar-refractivity contribution in [3.63, 3.8) is 0 Å². The minimum atomic E-state index is 0. The summed E-state index contributed by atoms with van der Waals surface area (Å²) < 4.78 is 0. The molecule has 0 fully saturated rings. The number of aliphatic hydroxyl groups excluding tert-OH is 1. The molecule has 0 heterocycles. The van der Waals surface area contributed by atoms with Gasteiger partial charge >= 0.3 is 0 Å². The van der Waals surface area contributed by atoms with Crippen molar-refractivity contribution in [2.45, 2.75) is 13.8 Å². The van der Waals surface area contributed by atoms with E-state index < -0.39 is 0 Å². The SMILES string of the molecule is CC.N#CO.[N-]=C=O.[Y].[Y]. The van der Waals surface area contributed by atoms with Gasteiger partial charge in [-0.15, -0.1) is 0 Å². The first-order chi connectivity index (χ1) is 3.83. The molecule has 4 nitrogen and oxygen atoms in total. The number of carbonyl (C=O) groups excluding carboxylic acids is 1. The Morgan fingerprint density at radius 2 is 1.40 bits per heavy atom. The Labute approximate surface area is 111 Å². The van der Waals surface area contributed by atoms with Gasteiger partial charge in [-0.25, -0.2) is 0 Å². The van der Waals surface area contributed by atoms with Crippen LogP contribution in [0.4, 0.5) is 0 Å². The molecule has 0 bridgehead atoms. The summed E-state index contributed by atoms with van der Waals surface area (Å²) in [6, 6.07) is 0. The molecule has 0 aliphatic heterocycles. The largest absolute Gasteiger partial charge is 0.724 e. The molecule has 52 valence electrons. The van der Waals surface area contributed by atoms with Crippen LogP contribution < -0.4 is 0 Å². The molecule has 0 aromatic heterocycles. The van der Waals surface area contributed by atoms with E-state index in [1.807, 2.05) is 13.8 Å². The molecule has 0 aromatic rings. The summed E-state index contributed by atoms with van der Waals surface area (Å²) in [4.78, 5) is 8.24. The van der Waals surface area contributed by atoms with Gasteiger partial charge in [0.25, 0.3) is 6.26 Å². The Morgan fingerprint density at radius 3 is 1.40 bits per heavy atom. The van der Waals surface area contributed by atoms with Crippen LogP contribution in [0.25, 0.3) is 5.41 Å². The molecule has 0 atom stereocenters. The van der Waals surface area contributed by atoms with E-state index in [9.17, 15) is 0 Å². The Bertz CT molecular complexity index is 85.7. The molecule has 0 unspecified atom stereocenters. The second-order valence-electron chi connectivity index (χ2n) is 0.191. The predicted molar refractivity (Wildman–Crippen MR) is 27.9 cm³/mol. The van der Waals surface area contributed by atoms with Crippen molar-refractivity contribution in [3.05, 3.63) is 5.41 Å². The minimum absolute atomic E-state index is 0. The van der Waals surface area contributed by atoms with E-state index in [-0.39, 0.29) is 65.4 Å². The number of aliphatic hydroxyl groups is 1. The van der Waals surface area contributed by atoms with E-state index >= 15 is 0 Å². The molecule has 0 aliphatic carbocycles. The van der Waals surface area contributed by atoms with E-state index in [4.69, 9.17) is 20.6 Å². The van der Waals surface area contributed by atoms with Crippen LogP contribution in [0.15, 0.2) is 0 Å². The van der Waals surface area contributed by atoms with Gasteiger partial charge in [0.2, 0.25) is 0 Å². The molecular formula is C4H7N2O2Y2-. The van der Waals surface area contributed by atoms with Crippen molar-refractivity contribution in [1.82, 2.24) is 0 Å². The van der Waals surface area contributed by atoms with E-state index in [2.05, 4.69) is 0 Å². The van der Waals surface area contributed by atoms with Crippen LogP contribution in [0.2, 0.25) is 0 Å². The summed E-state index contributed by atoms with van der Waals surface area (Å²) in [7, 11) is 0. The second kappa shape index (κ2) is 94.0. The third-order valence-electron chi connectivity index (χ3n) is 0. The van der Waals surface area contributed by atoms with Crippen molar-refractivity contribution in [3.8, 4) is 6.26 Å². The fourth-order valence-electron chi connectivity index (χ4n) is 0. The number of isocyanates is 1. The third-order valence-corrected chi connectivity index (χ3v) is 0. The summed E-state index contributed by atoms with van der Waals surface area (Å²) in [6.45, 7) is 4.00. The molecule has 6 heteroatoms. The number of nitrogens with zero attached hydrogens (tertiary/aromatic N) is 2. The summed E-state index contributed by atoms with van der Waals surface area (Å²) in [5.74, 6) is 0. The van der Waals surface area contributed by atoms with Crippen molar-refractivity contribution in [2.75, 3.05) is 0 Å². The monoisotopic (exact) mass is 293 g/mol. The van der Waals surface area contributed by atoms with Gasteiger partial charge in [0.05, 0.1) is 0 Å². The molecule has 1 N–H and O–H groups in total. The first-order valence-corrected chi connectivity index (χ1v) is 1.87. The third kappa shape index (κ3) is 715. The van der Waals surface area contributed by atoms with Crippen LogP contribution in [0.3, 0.4) is 0 Å². The second-order valence-corrected chi connectivity index (χ2v) is 0.191. The van der Waals surface area contributed by atoms with Gasteiger partial charge in [0.1, 0.15) is 0 Å². The Hall–Kier alpha value is 0.878. The average Bonchev–Trinajstić information content (AvgIpc) is 1.75. The topological polar surface area (TPSA) is 83.4 Å². The molecule has 0 rings (SSSR count). The van der Waals surface area contributed by atoms with Crippen LogP contribution in [-0.4, -0.2) is 11.2 Å². The molecule has 0 aliphatic rings. The van der Waals surface area contributed by atoms with Gasteiger partial charge in [-0.2, -0.15) is 5.26 Å². The van der Waals surface area contributed by atoms with Gasteiger partial charge in [-0.1, -0.05) is 13.8 Å². The van der Waals surface area contributed by atoms with Crippen molar-refractivity contribution >= 4 is 6.08 Å². The Morgan fingerprint density at radius 1 is 1.40 bits per heavy atom. The van der Waals surface area contributed by atoms with Gasteiger partial charge in [0.15, 0.2) is 0 Å². The van der Waals surface area contributed by atoms with E-state index in [0.717, 1.165) is 6.26 Å². The zero-order valence-electron chi connectivity index (χ0n) is 5.90. The van der Waals surface area contributed by atoms with E-state index in [1.54, 1.807) is 0 Å². The van der Waals surface area contributed by atoms with E-state index in [0.29, 0.717) is 6.08 Å². The van der Waals surface area contributed by atoms with Crippen LogP contribution in [0, 0.1) is 11.5 Å². The predicted octanol–water partition coefficient (Wildman–Crippen LogP) is 0.753. The number of hydrogen-bond donors (Lipinski definition) is 1. The normalized spacial score (nSPS) is 2.10. The van der Waals surface area contributed by atoms with Crippen LogP contribution in [0.1, 0.15) is 13.8 Å². The summed E-state index contributed by atoms with van der Waals surface area (Å²) in [6.07, 6.45) is 1.25. The maximum Gasteiger partial charge on any atom is 0.283 e. The van der Waals surface area contributed by atoms with Gasteiger partial charge in [-0.05, 0) is 6.08 Å². The fraction of sp³-hybridized carbons (Fsp3) is 0.500. The molecule has 0 amide bonds. The van der Waals surface area contributed by atoms with E-state index in [1.165, 1.54) is 0 Å². The zero-order chi connectivity index (χ0) is 7.41. The number of rotatable bonds is 0. The smallest absolute Gasteiger partial charge is 0.283 e. The fourth-order valence-corrected chi connectivity index (χ4v) is 0. The molecular weight excluding hydrogens is 286 g/mol. The van der Waals surface area contributed by atoms with Gasteiger partial charge in [0, 0.05) is 65.4 Å².